The minimum absolute atomic E-state index is 0.00154. The highest BCUT2D eigenvalue weighted by atomic mass is 32.1. The van der Waals surface area contributed by atoms with Crippen molar-refractivity contribution in [3.05, 3.63) is 48.0 Å². The van der Waals surface area contributed by atoms with Crippen molar-refractivity contribution in [1.82, 2.24) is 0 Å². The van der Waals surface area contributed by atoms with Crippen LogP contribution in [-0.4, -0.2) is 49.5 Å². The number of esters is 1. The zero-order valence-corrected chi connectivity index (χ0v) is 19.1. The minimum Gasteiger partial charge on any atom is -0.491 e. The van der Waals surface area contributed by atoms with E-state index in [1.165, 1.54) is 0 Å². The summed E-state index contributed by atoms with van der Waals surface area (Å²) >= 11 is 3.89. The van der Waals surface area contributed by atoms with E-state index in [9.17, 15) is 9.59 Å². The van der Waals surface area contributed by atoms with Crippen LogP contribution in [0.4, 0.5) is 10.5 Å². The number of hydrogen-bond acceptors (Lipinski definition) is 9. The highest BCUT2D eigenvalue weighted by Crippen LogP contribution is 2.35. The largest absolute Gasteiger partial charge is 0.491 e. The quantitative estimate of drug-likeness (QED) is 0.333. The van der Waals surface area contributed by atoms with Crippen LogP contribution >= 0.6 is 12.6 Å². The highest BCUT2D eigenvalue weighted by Gasteiger charge is 2.25. The number of ether oxygens (including phenoxy) is 5. The van der Waals surface area contributed by atoms with Gasteiger partial charge in [-0.25, -0.2) is 4.79 Å². The van der Waals surface area contributed by atoms with E-state index >= 15 is 0 Å². The van der Waals surface area contributed by atoms with Gasteiger partial charge in [0.25, 0.3) is 0 Å². The summed E-state index contributed by atoms with van der Waals surface area (Å²) in [5.74, 6) is 1.17. The lowest BCUT2D eigenvalue weighted by atomic mass is 9.94. The number of carbonyl (C=O) groups is 2. The van der Waals surface area contributed by atoms with Gasteiger partial charge in [-0.1, -0.05) is 19.1 Å². The molecule has 3 rings (SSSR count). The van der Waals surface area contributed by atoms with Crippen LogP contribution in [0.25, 0.3) is 0 Å². The molecule has 9 nitrogen and oxygen atoms in total. The number of aliphatic hydroxyl groups is 1. The van der Waals surface area contributed by atoms with Crippen molar-refractivity contribution in [2.45, 2.75) is 19.4 Å². The van der Waals surface area contributed by atoms with Crippen molar-refractivity contribution in [3.63, 3.8) is 0 Å². The van der Waals surface area contributed by atoms with Crippen LogP contribution in [0.5, 0.6) is 17.2 Å². The molecule has 2 aromatic rings. The van der Waals surface area contributed by atoms with Gasteiger partial charge in [-0.2, -0.15) is 12.6 Å². The molecule has 1 aliphatic heterocycles. The summed E-state index contributed by atoms with van der Waals surface area (Å²) < 4.78 is 26.9. The van der Waals surface area contributed by atoms with Gasteiger partial charge in [0.05, 0.1) is 19.0 Å². The molecule has 10 heteroatoms. The van der Waals surface area contributed by atoms with Crippen molar-refractivity contribution in [1.29, 1.82) is 0 Å². The Bertz CT molecular complexity index is 937. The van der Waals surface area contributed by atoms with Crippen LogP contribution < -0.4 is 19.5 Å². The molecule has 1 heterocycles. The van der Waals surface area contributed by atoms with E-state index in [0.717, 1.165) is 5.56 Å². The third kappa shape index (κ3) is 7.19. The van der Waals surface area contributed by atoms with Crippen molar-refractivity contribution in [2.24, 2.45) is 5.92 Å². The van der Waals surface area contributed by atoms with Gasteiger partial charge in [0, 0.05) is 17.7 Å². The molecule has 178 valence electrons. The Morgan fingerprint density at radius 3 is 2.61 bits per heavy atom. The molecule has 0 bridgehead atoms. The zero-order valence-electron chi connectivity index (χ0n) is 18.2. The topological polar surface area (TPSA) is 113 Å². The fourth-order valence-electron chi connectivity index (χ4n) is 3.22. The predicted molar refractivity (Wildman–Crippen MR) is 123 cm³/mol. The molecule has 0 saturated heterocycles. The predicted octanol–water partition coefficient (Wildman–Crippen LogP) is 3.58. The number of anilines is 1. The van der Waals surface area contributed by atoms with Crippen LogP contribution in [-0.2, 0) is 14.3 Å². The summed E-state index contributed by atoms with van der Waals surface area (Å²) in [4.78, 5) is 24.1. The Morgan fingerprint density at radius 1 is 1.12 bits per heavy atom. The molecule has 0 radical (unpaired) electrons. The number of benzene rings is 2. The fourth-order valence-corrected chi connectivity index (χ4v) is 3.31. The number of nitrogens with one attached hydrogen (secondary N) is 1. The smallest absolute Gasteiger partial charge is 0.412 e. The summed E-state index contributed by atoms with van der Waals surface area (Å²) in [6.07, 6.45) is -0.774. The Kier molecular flexibility index (Phi) is 9.08. The van der Waals surface area contributed by atoms with Gasteiger partial charge in [0.15, 0.2) is 11.5 Å². The number of thiol groups is 1. The normalized spacial score (nSPS) is 13.7. The third-order valence-electron chi connectivity index (χ3n) is 4.90. The Balaban J connectivity index is 1.68. The number of rotatable bonds is 11. The number of aliphatic hydroxyl groups excluding tert-OH is 1. The van der Waals surface area contributed by atoms with Crippen molar-refractivity contribution >= 4 is 30.4 Å². The van der Waals surface area contributed by atoms with Crippen molar-refractivity contribution in [3.8, 4) is 17.2 Å². The van der Waals surface area contributed by atoms with E-state index in [2.05, 4.69) is 17.9 Å². The zero-order chi connectivity index (χ0) is 23.6. The second kappa shape index (κ2) is 12.2. The van der Waals surface area contributed by atoms with E-state index in [1.807, 2.05) is 6.92 Å². The van der Waals surface area contributed by atoms with Crippen molar-refractivity contribution < 1.29 is 38.4 Å². The monoisotopic (exact) mass is 477 g/mol. The standard InChI is InChI=1S/C23H27NO8S/c1-15(8-10-29-21(26)13-33)22(16-2-5-18(6-3-16)28-11-9-25)32-23(27)24-17-4-7-19-20(12-17)31-14-30-19/h2-7,12,15,22,25,33H,8-11,13-14H2,1H3,(H,24,27)/t15-,22+/m0/s1. The Hall–Kier alpha value is -3.11. The summed E-state index contributed by atoms with van der Waals surface area (Å²) in [6.45, 7) is 2.32. The van der Waals surface area contributed by atoms with Crippen LogP contribution in [0.15, 0.2) is 42.5 Å². The summed E-state index contributed by atoms with van der Waals surface area (Å²) in [5.41, 5.74) is 1.26. The molecule has 1 amide bonds. The van der Waals surface area contributed by atoms with Crippen LogP contribution in [0.1, 0.15) is 25.0 Å². The van der Waals surface area contributed by atoms with E-state index in [1.54, 1.807) is 42.5 Å². The van der Waals surface area contributed by atoms with Gasteiger partial charge in [0.1, 0.15) is 18.5 Å². The average molecular weight is 478 g/mol. The van der Waals surface area contributed by atoms with Gasteiger partial charge >= 0.3 is 12.1 Å². The molecule has 0 aromatic heterocycles. The maximum absolute atomic E-state index is 12.7. The molecule has 0 unspecified atom stereocenters. The maximum Gasteiger partial charge on any atom is 0.412 e. The fraction of sp³-hybridized carbons (Fsp3) is 0.391. The first-order chi connectivity index (χ1) is 16.0. The Labute approximate surface area is 197 Å². The first-order valence-corrected chi connectivity index (χ1v) is 11.1. The molecule has 1 aliphatic rings. The molecule has 2 N–H and O–H groups in total. The number of fused-ring (bicyclic) bond motifs is 1. The molecule has 0 saturated carbocycles. The molecule has 0 aliphatic carbocycles. The van der Waals surface area contributed by atoms with E-state index in [4.69, 9.17) is 28.8 Å². The number of carbonyl (C=O) groups excluding carboxylic acids is 2. The second-order valence-corrected chi connectivity index (χ2v) is 7.62. The minimum atomic E-state index is -0.640. The second-order valence-electron chi connectivity index (χ2n) is 7.30. The molecule has 33 heavy (non-hydrogen) atoms. The van der Waals surface area contributed by atoms with Crippen LogP contribution in [0.3, 0.4) is 0 Å². The first-order valence-electron chi connectivity index (χ1n) is 10.5. The van der Waals surface area contributed by atoms with Crippen LogP contribution in [0, 0.1) is 5.92 Å². The van der Waals surface area contributed by atoms with Crippen molar-refractivity contribution in [2.75, 3.05) is 37.7 Å². The summed E-state index contributed by atoms with van der Waals surface area (Å²) in [7, 11) is 0. The van der Waals surface area contributed by atoms with Gasteiger partial charge in [-0.3, -0.25) is 10.1 Å². The lowest BCUT2D eigenvalue weighted by molar-refractivity contribution is -0.141. The number of hydrogen-bond donors (Lipinski definition) is 3. The molecule has 0 spiro atoms. The van der Waals surface area contributed by atoms with E-state index in [-0.39, 0.29) is 38.3 Å². The Morgan fingerprint density at radius 2 is 1.88 bits per heavy atom. The molecule has 2 aromatic carbocycles. The molecule has 0 fully saturated rings. The SMILES string of the molecule is C[C@@H](CCOC(=O)CS)[C@@H](OC(=O)Nc1ccc2c(c1)OCO2)c1ccc(OCCO)cc1. The lowest BCUT2D eigenvalue weighted by Gasteiger charge is -2.25. The van der Waals surface area contributed by atoms with Gasteiger partial charge < -0.3 is 28.8 Å². The molecular formula is C23H27NO8S. The van der Waals surface area contributed by atoms with Gasteiger partial charge in [0.2, 0.25) is 6.79 Å². The molecular weight excluding hydrogens is 450 g/mol. The molecule has 2 atom stereocenters. The summed E-state index contributed by atoms with van der Waals surface area (Å²) in [6, 6.07) is 12.1. The van der Waals surface area contributed by atoms with Crippen LogP contribution in [0.2, 0.25) is 0 Å². The number of amides is 1. The van der Waals surface area contributed by atoms with E-state index < -0.39 is 18.2 Å². The first kappa shape index (κ1) is 24.5. The van der Waals surface area contributed by atoms with E-state index in [0.29, 0.717) is 29.4 Å². The highest BCUT2D eigenvalue weighted by molar-refractivity contribution is 7.81. The average Bonchev–Trinajstić information content (AvgIpc) is 3.29. The van der Waals surface area contributed by atoms with Gasteiger partial charge in [-0.15, -0.1) is 0 Å². The lowest BCUT2D eigenvalue weighted by Crippen LogP contribution is -2.23. The summed E-state index contributed by atoms with van der Waals surface area (Å²) in [5, 5.41) is 11.6. The third-order valence-corrected chi connectivity index (χ3v) is 5.16. The van der Waals surface area contributed by atoms with Gasteiger partial charge in [-0.05, 0) is 36.2 Å². The maximum atomic E-state index is 12.7.